The smallest absolute Gasteiger partial charge is 0.368 e. The van der Waals surface area contributed by atoms with Gasteiger partial charge in [-0.3, -0.25) is 0 Å². The fraction of sp³-hybridized carbons (Fsp3) is 0.143. The van der Waals surface area contributed by atoms with E-state index in [1.807, 2.05) is 12.1 Å². The van der Waals surface area contributed by atoms with E-state index in [0.717, 1.165) is 15.8 Å². The van der Waals surface area contributed by atoms with E-state index in [-0.39, 0.29) is 45.0 Å². The monoisotopic (exact) mass is 386 g/mol. The maximum atomic E-state index is 12.1. The van der Waals surface area contributed by atoms with Gasteiger partial charge in [-0.05, 0) is 28.1 Å². The first-order valence-corrected chi connectivity index (χ1v) is 6.51. The number of ether oxygens (including phenoxy) is 1. The Bertz CT molecular complexity index is 853. The zero-order valence-electron chi connectivity index (χ0n) is 12.5. The molecule has 0 amide bonds. The van der Waals surface area contributed by atoms with Crippen molar-refractivity contribution in [3.63, 3.8) is 0 Å². The summed E-state index contributed by atoms with van der Waals surface area (Å²) in [6.45, 7) is 3.99. The summed E-state index contributed by atoms with van der Waals surface area (Å²) < 4.78 is 7.98. The van der Waals surface area contributed by atoms with Crippen molar-refractivity contribution in [2.75, 3.05) is 0 Å². The number of hydrogen-bond donors (Lipinski definition) is 0. The van der Waals surface area contributed by atoms with Crippen molar-refractivity contribution in [1.29, 1.82) is 0 Å². The van der Waals surface area contributed by atoms with Gasteiger partial charge in [0.05, 0.1) is 5.69 Å². The molecule has 0 atom stereocenters. The van der Waals surface area contributed by atoms with Crippen molar-refractivity contribution < 1.29 is 37.4 Å². The summed E-state index contributed by atoms with van der Waals surface area (Å²) in [5, 5.41) is 15.1. The average molecular weight is 386 g/mol. The third-order valence-corrected chi connectivity index (χ3v) is 3.16. The van der Waals surface area contributed by atoms with Crippen LogP contribution >= 0.6 is 0 Å². The van der Waals surface area contributed by atoms with Crippen LogP contribution in [0.1, 0.15) is 11.1 Å². The van der Waals surface area contributed by atoms with Crippen LogP contribution in [0.3, 0.4) is 0 Å². The molecule has 1 radical (unpaired) electrons. The van der Waals surface area contributed by atoms with Gasteiger partial charge in [0.25, 0.3) is 0 Å². The van der Waals surface area contributed by atoms with Crippen LogP contribution in [0.4, 0.5) is 0 Å². The molecule has 8 nitrogen and oxygen atoms in total. The van der Waals surface area contributed by atoms with E-state index < -0.39 is 0 Å². The van der Waals surface area contributed by atoms with Crippen molar-refractivity contribution >= 4 is 6.08 Å². The van der Waals surface area contributed by atoms with Gasteiger partial charge in [-0.1, -0.05) is 24.8 Å². The number of tetrazole rings is 1. The molecule has 3 rings (SSSR count). The van der Waals surface area contributed by atoms with Crippen LogP contribution in [0.5, 0.6) is 5.88 Å². The molecule has 0 aliphatic rings. The van der Waals surface area contributed by atoms with Crippen LogP contribution in [0.15, 0.2) is 41.8 Å². The quantitative estimate of drug-likeness (QED) is 0.636. The van der Waals surface area contributed by atoms with Gasteiger partial charge in [-0.25, -0.2) is 4.79 Å². The summed E-state index contributed by atoms with van der Waals surface area (Å²) in [4.78, 5) is 12.1. The SMILES string of the molecule is C=Cc1cccc(-n2nnn(C)c2=O)c1COc1cc[n-]n1.[Y]. The Morgan fingerprint density at radius 2 is 2.17 bits per heavy atom. The second kappa shape index (κ2) is 7.47. The summed E-state index contributed by atoms with van der Waals surface area (Å²) in [6.07, 6.45) is 3.24. The number of benzene rings is 1. The Hall–Kier alpha value is -2.06. The van der Waals surface area contributed by atoms with Crippen LogP contribution in [0.25, 0.3) is 11.8 Å². The van der Waals surface area contributed by atoms with Crippen LogP contribution < -0.4 is 15.5 Å². The van der Waals surface area contributed by atoms with E-state index >= 15 is 0 Å². The molecule has 0 bridgehead atoms. The van der Waals surface area contributed by atoms with Crippen molar-refractivity contribution in [1.82, 2.24) is 30.0 Å². The predicted molar refractivity (Wildman–Crippen MR) is 78.6 cm³/mol. The summed E-state index contributed by atoms with van der Waals surface area (Å²) in [5.74, 6) is 0.413. The number of rotatable bonds is 5. The maximum absolute atomic E-state index is 12.1. The van der Waals surface area contributed by atoms with E-state index in [2.05, 4.69) is 27.2 Å². The van der Waals surface area contributed by atoms with E-state index in [1.54, 1.807) is 31.5 Å². The Morgan fingerprint density at radius 1 is 1.35 bits per heavy atom. The number of aromatic nitrogens is 6. The molecule has 0 spiro atoms. The predicted octanol–water partition coefficient (Wildman–Crippen LogP) is 0.538. The molecule has 0 aliphatic carbocycles. The molecule has 0 saturated heterocycles. The van der Waals surface area contributed by atoms with E-state index in [4.69, 9.17) is 4.74 Å². The van der Waals surface area contributed by atoms with Gasteiger partial charge in [0, 0.05) is 45.3 Å². The first-order chi connectivity index (χ1) is 10.7. The van der Waals surface area contributed by atoms with Crippen LogP contribution in [-0.2, 0) is 46.4 Å². The van der Waals surface area contributed by atoms with E-state index in [1.165, 1.54) is 4.68 Å². The van der Waals surface area contributed by atoms with Gasteiger partial charge in [0.1, 0.15) is 6.61 Å². The topological polar surface area (TPSA) is 88.9 Å². The third kappa shape index (κ3) is 3.48. The molecule has 0 N–H and O–H groups in total. The minimum absolute atomic E-state index is 0. The van der Waals surface area contributed by atoms with Gasteiger partial charge in [0.2, 0.25) is 0 Å². The maximum Gasteiger partial charge on any atom is 0.368 e. The number of aryl methyl sites for hydroxylation is 1. The normalized spacial score (nSPS) is 10.1. The molecule has 115 valence electrons. The first kappa shape index (κ1) is 17.3. The van der Waals surface area contributed by atoms with Crippen molar-refractivity contribution in [3.8, 4) is 11.6 Å². The molecular formula is C14H13N6O2Y-. The minimum Gasteiger partial charge on any atom is -0.579 e. The number of nitrogens with zero attached hydrogens (tertiary/aromatic N) is 6. The van der Waals surface area contributed by atoms with Gasteiger partial charge in [0.15, 0.2) is 5.88 Å². The van der Waals surface area contributed by atoms with Crippen LogP contribution in [0, 0.1) is 0 Å². The van der Waals surface area contributed by atoms with E-state index in [0.29, 0.717) is 11.6 Å². The molecular weight excluding hydrogens is 373 g/mol. The molecule has 9 heteroatoms. The molecule has 2 aromatic heterocycles. The molecule has 0 saturated carbocycles. The van der Waals surface area contributed by atoms with Crippen LogP contribution in [0.2, 0.25) is 0 Å². The summed E-state index contributed by atoms with van der Waals surface area (Å²) >= 11 is 0. The van der Waals surface area contributed by atoms with Crippen LogP contribution in [-0.4, -0.2) is 24.9 Å². The second-order valence-electron chi connectivity index (χ2n) is 4.50. The largest absolute Gasteiger partial charge is 0.579 e. The summed E-state index contributed by atoms with van der Waals surface area (Å²) in [5.41, 5.74) is 1.86. The van der Waals surface area contributed by atoms with Crippen molar-refractivity contribution in [2.24, 2.45) is 7.05 Å². The molecule has 0 fully saturated rings. The molecule has 1 aromatic carbocycles. The molecule has 0 aliphatic heterocycles. The van der Waals surface area contributed by atoms with Gasteiger partial charge in [-0.2, -0.15) is 15.6 Å². The Kier molecular flexibility index (Phi) is 5.62. The Balaban J connectivity index is 0.00000192. The van der Waals surface area contributed by atoms with Gasteiger partial charge < -0.3 is 14.9 Å². The minimum atomic E-state index is -0.337. The van der Waals surface area contributed by atoms with E-state index in [9.17, 15) is 4.79 Å². The van der Waals surface area contributed by atoms with Crippen molar-refractivity contribution in [2.45, 2.75) is 6.61 Å². The summed E-state index contributed by atoms with van der Waals surface area (Å²) in [6, 6.07) is 7.13. The van der Waals surface area contributed by atoms with Gasteiger partial charge >= 0.3 is 5.69 Å². The first-order valence-electron chi connectivity index (χ1n) is 6.51. The zero-order valence-corrected chi connectivity index (χ0v) is 15.3. The number of hydrogen-bond acceptors (Lipinski definition) is 5. The molecule has 2 heterocycles. The molecule has 23 heavy (non-hydrogen) atoms. The third-order valence-electron chi connectivity index (χ3n) is 3.16. The standard InChI is InChI=1S/C14H13N6O2.Y/c1-3-10-5-4-6-12(20-14(21)19(2)17-18-20)11(10)9-22-13-7-8-15-16-13;/h3-8H,1,9H2,2H3;/q-1;. The Morgan fingerprint density at radius 3 is 2.78 bits per heavy atom. The molecule has 0 unspecified atom stereocenters. The van der Waals surface area contributed by atoms with Crippen molar-refractivity contribution in [3.05, 3.63) is 58.7 Å². The fourth-order valence-corrected chi connectivity index (χ4v) is 2.05. The summed E-state index contributed by atoms with van der Waals surface area (Å²) in [7, 11) is 1.54. The fourth-order valence-electron chi connectivity index (χ4n) is 2.05. The van der Waals surface area contributed by atoms with Gasteiger partial charge in [-0.15, -0.1) is 0 Å². The second-order valence-corrected chi connectivity index (χ2v) is 4.50. The Labute approximate surface area is 157 Å². The zero-order chi connectivity index (χ0) is 15.5. The average Bonchev–Trinajstić information content (AvgIpc) is 3.16. The molecule has 3 aromatic rings.